The van der Waals surface area contributed by atoms with E-state index in [-0.39, 0.29) is 41.5 Å². The van der Waals surface area contributed by atoms with Crippen molar-refractivity contribution in [3.8, 4) is 5.75 Å². The number of esters is 1. The highest BCUT2D eigenvalue weighted by atomic mass is 16.8. The summed E-state index contributed by atoms with van der Waals surface area (Å²) in [5.74, 6) is 0.467. The fourth-order valence-corrected chi connectivity index (χ4v) is 8.55. The van der Waals surface area contributed by atoms with Crippen LogP contribution in [0, 0.1) is 17.3 Å². The zero-order chi connectivity index (χ0) is 24.0. The fourth-order valence-electron chi connectivity index (χ4n) is 8.55. The van der Waals surface area contributed by atoms with E-state index in [4.69, 9.17) is 28.4 Å². The first-order valence-corrected chi connectivity index (χ1v) is 12.7. The lowest BCUT2D eigenvalue weighted by atomic mass is 9.46. The summed E-state index contributed by atoms with van der Waals surface area (Å²) in [7, 11) is 0. The Labute approximate surface area is 202 Å². The molecule has 8 rings (SSSR count). The monoisotopic (exact) mass is 480 g/mol. The van der Waals surface area contributed by atoms with E-state index in [0.717, 1.165) is 24.0 Å². The van der Waals surface area contributed by atoms with Crippen molar-refractivity contribution in [2.24, 2.45) is 17.3 Å². The molecule has 3 aliphatic carbocycles. The van der Waals surface area contributed by atoms with Crippen LogP contribution in [0.1, 0.15) is 40.0 Å². The molecule has 0 bridgehead atoms. The van der Waals surface area contributed by atoms with Crippen LogP contribution >= 0.6 is 0 Å². The Morgan fingerprint density at radius 3 is 2.69 bits per heavy atom. The molecule has 7 aliphatic rings. The number of carbonyl (C=O) groups excluding carboxylic acids is 2. The minimum atomic E-state index is -0.780. The number of ether oxygens (including phenoxy) is 6. The van der Waals surface area contributed by atoms with Crippen LogP contribution in [0.4, 0.5) is 4.79 Å². The van der Waals surface area contributed by atoms with Crippen LogP contribution in [0.3, 0.4) is 0 Å². The third kappa shape index (κ3) is 2.14. The van der Waals surface area contributed by atoms with E-state index >= 15 is 0 Å². The summed E-state index contributed by atoms with van der Waals surface area (Å²) in [4.78, 5) is 25.4. The van der Waals surface area contributed by atoms with Gasteiger partial charge in [-0.3, -0.25) is 0 Å². The Kier molecular flexibility index (Phi) is 3.61. The molecule has 3 saturated heterocycles. The molecule has 35 heavy (non-hydrogen) atoms. The van der Waals surface area contributed by atoms with Gasteiger partial charge in [-0.25, -0.2) is 9.59 Å². The van der Waals surface area contributed by atoms with Crippen molar-refractivity contribution in [2.75, 3.05) is 6.61 Å². The van der Waals surface area contributed by atoms with Gasteiger partial charge in [0, 0.05) is 11.0 Å². The number of carbonyl (C=O) groups is 2. The van der Waals surface area contributed by atoms with Crippen molar-refractivity contribution in [1.82, 2.24) is 0 Å². The molecule has 4 aliphatic heterocycles. The van der Waals surface area contributed by atoms with Gasteiger partial charge in [-0.15, -0.1) is 0 Å². The van der Waals surface area contributed by atoms with Gasteiger partial charge in [0.1, 0.15) is 35.8 Å². The van der Waals surface area contributed by atoms with E-state index in [1.807, 2.05) is 6.07 Å². The lowest BCUT2D eigenvalue weighted by molar-refractivity contribution is -0.136. The predicted octanol–water partition coefficient (Wildman–Crippen LogP) is 3.33. The summed E-state index contributed by atoms with van der Waals surface area (Å²) < 4.78 is 36.8. The smallest absolute Gasteiger partial charge is 0.458 e. The molecule has 0 radical (unpaired) electrons. The minimum Gasteiger partial charge on any atom is -0.458 e. The SMILES string of the molecule is CC(C)[C@]12O[C@H]1[C@H]1O[C@]13[C@]1(O[C@H]1C[C@H]1C4=C(CC[C@@]13C)C(=O)OC4)[C@@H]2OC(=O)Oc1ccccc1. The molecule has 8 heteroatoms. The molecular weight excluding hydrogens is 452 g/mol. The highest BCUT2D eigenvalue weighted by Gasteiger charge is 3.01. The second-order valence-corrected chi connectivity index (χ2v) is 11.7. The van der Waals surface area contributed by atoms with Crippen LogP contribution in [-0.4, -0.2) is 60.0 Å². The molecule has 2 saturated carbocycles. The molecule has 0 aromatic heterocycles. The number of epoxide rings is 3. The largest absolute Gasteiger partial charge is 0.514 e. The van der Waals surface area contributed by atoms with Gasteiger partial charge in [0.15, 0.2) is 11.7 Å². The maximum atomic E-state index is 13.1. The Morgan fingerprint density at radius 1 is 1.11 bits per heavy atom. The molecule has 0 amide bonds. The number of rotatable bonds is 3. The van der Waals surface area contributed by atoms with E-state index in [9.17, 15) is 9.59 Å². The van der Waals surface area contributed by atoms with Gasteiger partial charge in [0.2, 0.25) is 0 Å². The van der Waals surface area contributed by atoms with Crippen molar-refractivity contribution in [3.63, 3.8) is 0 Å². The highest BCUT2D eigenvalue weighted by molar-refractivity contribution is 5.92. The first kappa shape index (κ1) is 20.7. The second kappa shape index (κ2) is 6.10. The van der Waals surface area contributed by atoms with Crippen LogP contribution in [0.15, 0.2) is 41.5 Å². The molecule has 2 spiro atoms. The predicted molar refractivity (Wildman–Crippen MR) is 118 cm³/mol. The summed E-state index contributed by atoms with van der Waals surface area (Å²) in [6.45, 7) is 6.80. The molecule has 1 aromatic rings. The van der Waals surface area contributed by atoms with Crippen molar-refractivity contribution in [3.05, 3.63) is 41.5 Å². The Balaban J connectivity index is 1.19. The molecule has 0 unspecified atom stereocenters. The van der Waals surface area contributed by atoms with Crippen LogP contribution in [0.2, 0.25) is 0 Å². The molecule has 1 aromatic carbocycles. The molecule has 5 fully saturated rings. The molecule has 9 atom stereocenters. The van der Waals surface area contributed by atoms with E-state index < -0.39 is 29.1 Å². The first-order chi connectivity index (χ1) is 16.8. The summed E-state index contributed by atoms with van der Waals surface area (Å²) in [6, 6.07) is 8.91. The van der Waals surface area contributed by atoms with Gasteiger partial charge in [0.25, 0.3) is 0 Å². The van der Waals surface area contributed by atoms with E-state index in [1.165, 1.54) is 0 Å². The summed E-state index contributed by atoms with van der Waals surface area (Å²) in [5.41, 5.74) is -0.410. The zero-order valence-corrected chi connectivity index (χ0v) is 19.9. The van der Waals surface area contributed by atoms with Crippen LogP contribution < -0.4 is 4.74 Å². The first-order valence-electron chi connectivity index (χ1n) is 12.7. The van der Waals surface area contributed by atoms with Crippen molar-refractivity contribution in [1.29, 1.82) is 0 Å². The zero-order valence-electron chi connectivity index (χ0n) is 19.9. The van der Waals surface area contributed by atoms with Gasteiger partial charge in [-0.05, 0) is 48.8 Å². The molecular formula is C27H28O8. The number of cyclic esters (lactones) is 1. The standard InChI is InChI=1S/C27H28O8/c1-13(2)25-19(34-25)20-27(35-20)24(3)10-9-15-16(12-30-21(15)28)17(24)11-18-26(27,33-18)22(25)32-23(29)31-14-7-5-4-6-8-14/h4-8,13,17-20,22H,9-12H2,1-3H3/t17-,18-,19-,20+,22+,24-,25-,26+,27+/m0/s1. The normalized spacial score (nSPS) is 49.5. The maximum Gasteiger partial charge on any atom is 0.514 e. The van der Waals surface area contributed by atoms with Gasteiger partial charge in [-0.1, -0.05) is 39.0 Å². The van der Waals surface area contributed by atoms with E-state index in [0.29, 0.717) is 18.8 Å². The Morgan fingerprint density at radius 2 is 1.91 bits per heavy atom. The lowest BCUT2D eigenvalue weighted by Gasteiger charge is -2.53. The number of para-hydroxylation sites is 1. The van der Waals surface area contributed by atoms with Crippen molar-refractivity contribution in [2.45, 2.75) is 81.3 Å². The van der Waals surface area contributed by atoms with E-state index in [1.54, 1.807) is 24.3 Å². The Hall–Kier alpha value is -2.42. The summed E-state index contributed by atoms with van der Waals surface area (Å²) in [5, 5.41) is 0. The van der Waals surface area contributed by atoms with Crippen LogP contribution in [0.5, 0.6) is 5.75 Å². The average molecular weight is 481 g/mol. The second-order valence-electron chi connectivity index (χ2n) is 11.7. The molecule has 8 nitrogen and oxygen atoms in total. The van der Waals surface area contributed by atoms with Crippen LogP contribution in [-0.2, 0) is 28.5 Å². The van der Waals surface area contributed by atoms with Crippen molar-refractivity contribution >= 4 is 12.1 Å². The van der Waals surface area contributed by atoms with Gasteiger partial charge in [0.05, 0.1) is 6.10 Å². The maximum absolute atomic E-state index is 13.1. The number of hydrogen-bond donors (Lipinski definition) is 0. The molecule has 4 heterocycles. The third-order valence-corrected chi connectivity index (χ3v) is 10.2. The number of hydrogen-bond acceptors (Lipinski definition) is 8. The number of benzene rings is 1. The average Bonchev–Trinajstić information content (AvgIpc) is 3.73. The summed E-state index contributed by atoms with van der Waals surface area (Å²) in [6.07, 6.45) is 0.371. The molecule has 184 valence electrons. The van der Waals surface area contributed by atoms with E-state index in [2.05, 4.69) is 20.8 Å². The quantitative estimate of drug-likeness (QED) is 0.369. The third-order valence-electron chi connectivity index (χ3n) is 10.2. The van der Waals surface area contributed by atoms with Gasteiger partial charge in [-0.2, -0.15) is 0 Å². The highest BCUT2D eigenvalue weighted by Crippen LogP contribution is 2.83. The summed E-state index contributed by atoms with van der Waals surface area (Å²) >= 11 is 0. The lowest BCUT2D eigenvalue weighted by Crippen LogP contribution is -2.70. The minimum absolute atomic E-state index is 0.0931. The van der Waals surface area contributed by atoms with Crippen LogP contribution in [0.25, 0.3) is 0 Å². The fraction of sp³-hybridized carbons (Fsp3) is 0.630. The Bertz CT molecular complexity index is 1210. The van der Waals surface area contributed by atoms with Crippen molar-refractivity contribution < 1.29 is 38.0 Å². The molecule has 0 N–H and O–H groups in total. The topological polar surface area (TPSA) is 99.4 Å². The van der Waals surface area contributed by atoms with Gasteiger partial charge >= 0.3 is 12.1 Å². The van der Waals surface area contributed by atoms with Gasteiger partial charge < -0.3 is 28.4 Å². The number of fused-ring (bicyclic) bond motifs is 4.